The SMILES string of the molecule is CC(C)c1ccccc1Oc1nnccc1C(N)=S. The van der Waals surface area contributed by atoms with Gasteiger partial charge in [-0.1, -0.05) is 44.3 Å². The first-order chi connectivity index (χ1) is 9.09. The number of aromatic nitrogens is 2. The number of thiocarbonyl (C=S) groups is 1. The molecule has 0 bridgehead atoms. The molecule has 5 heteroatoms. The van der Waals surface area contributed by atoms with Crippen LogP contribution < -0.4 is 10.5 Å². The Hall–Kier alpha value is -2.01. The monoisotopic (exact) mass is 273 g/mol. The first-order valence-electron chi connectivity index (χ1n) is 5.98. The average molecular weight is 273 g/mol. The maximum atomic E-state index is 5.82. The summed E-state index contributed by atoms with van der Waals surface area (Å²) in [7, 11) is 0. The normalized spacial score (nSPS) is 10.5. The third-order valence-electron chi connectivity index (χ3n) is 2.70. The van der Waals surface area contributed by atoms with E-state index in [1.54, 1.807) is 6.07 Å². The lowest BCUT2D eigenvalue weighted by molar-refractivity contribution is 0.446. The molecule has 0 unspecified atom stereocenters. The summed E-state index contributed by atoms with van der Waals surface area (Å²) in [6.07, 6.45) is 1.54. The summed E-state index contributed by atoms with van der Waals surface area (Å²) in [5.74, 6) is 1.43. The van der Waals surface area contributed by atoms with Gasteiger partial charge >= 0.3 is 0 Å². The molecule has 2 aromatic rings. The molecule has 0 aliphatic rings. The molecule has 0 saturated heterocycles. The molecule has 0 aliphatic heterocycles. The minimum absolute atomic E-state index is 0.243. The maximum Gasteiger partial charge on any atom is 0.249 e. The predicted molar refractivity (Wildman–Crippen MR) is 78.5 cm³/mol. The van der Waals surface area contributed by atoms with Gasteiger partial charge in [0.1, 0.15) is 10.7 Å². The summed E-state index contributed by atoms with van der Waals surface area (Å²) >= 11 is 4.98. The van der Waals surface area contributed by atoms with Crippen molar-refractivity contribution in [1.29, 1.82) is 0 Å². The fourth-order valence-electron chi connectivity index (χ4n) is 1.74. The molecule has 0 amide bonds. The summed E-state index contributed by atoms with van der Waals surface area (Å²) in [4.78, 5) is 0.243. The van der Waals surface area contributed by atoms with Crippen molar-refractivity contribution in [2.45, 2.75) is 19.8 Å². The summed E-state index contributed by atoms with van der Waals surface area (Å²) in [5, 5.41) is 7.76. The van der Waals surface area contributed by atoms with Crippen LogP contribution in [0.5, 0.6) is 11.6 Å². The van der Waals surface area contributed by atoms with E-state index in [1.165, 1.54) is 6.20 Å². The first kappa shape index (κ1) is 13.4. The van der Waals surface area contributed by atoms with Crippen LogP contribution in [0, 0.1) is 0 Å². The van der Waals surface area contributed by atoms with Crippen molar-refractivity contribution in [1.82, 2.24) is 10.2 Å². The summed E-state index contributed by atoms with van der Waals surface area (Å²) in [6.45, 7) is 4.21. The highest BCUT2D eigenvalue weighted by molar-refractivity contribution is 7.80. The highest BCUT2D eigenvalue weighted by Crippen LogP contribution is 2.30. The van der Waals surface area contributed by atoms with E-state index in [4.69, 9.17) is 22.7 Å². The van der Waals surface area contributed by atoms with Crippen molar-refractivity contribution in [3.63, 3.8) is 0 Å². The van der Waals surface area contributed by atoms with Crippen molar-refractivity contribution < 1.29 is 4.74 Å². The van der Waals surface area contributed by atoms with E-state index in [1.807, 2.05) is 24.3 Å². The van der Waals surface area contributed by atoms with Gasteiger partial charge in [0.25, 0.3) is 0 Å². The van der Waals surface area contributed by atoms with Gasteiger partial charge in [0.15, 0.2) is 0 Å². The van der Waals surface area contributed by atoms with Crippen molar-refractivity contribution in [2.75, 3.05) is 0 Å². The summed E-state index contributed by atoms with van der Waals surface area (Å²) < 4.78 is 5.82. The zero-order valence-electron chi connectivity index (χ0n) is 10.8. The Balaban J connectivity index is 2.39. The highest BCUT2D eigenvalue weighted by Gasteiger charge is 2.13. The number of rotatable bonds is 4. The molecule has 4 nitrogen and oxygen atoms in total. The quantitative estimate of drug-likeness (QED) is 0.868. The molecule has 1 aromatic carbocycles. The Kier molecular flexibility index (Phi) is 4.06. The van der Waals surface area contributed by atoms with Crippen molar-refractivity contribution in [3.05, 3.63) is 47.7 Å². The zero-order chi connectivity index (χ0) is 13.8. The number of ether oxygens (including phenoxy) is 1. The van der Waals surface area contributed by atoms with Gasteiger partial charge in [0.05, 0.1) is 11.8 Å². The molecular formula is C14H15N3OS. The van der Waals surface area contributed by atoms with Crippen LogP contribution in [-0.2, 0) is 0 Å². The number of para-hydroxylation sites is 1. The van der Waals surface area contributed by atoms with E-state index in [9.17, 15) is 0 Å². The van der Waals surface area contributed by atoms with E-state index < -0.39 is 0 Å². The zero-order valence-corrected chi connectivity index (χ0v) is 11.6. The van der Waals surface area contributed by atoms with Gasteiger partial charge in [-0.2, -0.15) is 5.10 Å². The van der Waals surface area contributed by atoms with Crippen LogP contribution >= 0.6 is 12.2 Å². The molecule has 0 atom stereocenters. The molecule has 0 spiro atoms. The predicted octanol–water partition coefficient (Wildman–Crippen LogP) is 3.03. The lowest BCUT2D eigenvalue weighted by Crippen LogP contribution is -2.12. The first-order valence-corrected chi connectivity index (χ1v) is 6.38. The van der Waals surface area contributed by atoms with Crippen molar-refractivity contribution in [2.24, 2.45) is 5.73 Å². The Morgan fingerprint density at radius 2 is 2.00 bits per heavy atom. The van der Waals surface area contributed by atoms with Crippen molar-refractivity contribution >= 4 is 17.2 Å². The van der Waals surface area contributed by atoms with E-state index in [-0.39, 0.29) is 4.99 Å². The van der Waals surface area contributed by atoms with Gasteiger partial charge in [-0.3, -0.25) is 0 Å². The second-order valence-electron chi connectivity index (χ2n) is 4.41. The molecule has 0 aliphatic carbocycles. The number of nitrogens with two attached hydrogens (primary N) is 1. The maximum absolute atomic E-state index is 5.82. The second-order valence-corrected chi connectivity index (χ2v) is 4.85. The van der Waals surface area contributed by atoms with Crippen LogP contribution in [0.3, 0.4) is 0 Å². The fraction of sp³-hybridized carbons (Fsp3) is 0.214. The molecule has 0 radical (unpaired) electrons. The molecule has 0 saturated carbocycles. The van der Waals surface area contributed by atoms with E-state index >= 15 is 0 Å². The minimum Gasteiger partial charge on any atom is -0.437 e. The molecule has 1 aromatic heterocycles. The van der Waals surface area contributed by atoms with Crippen LogP contribution in [0.2, 0.25) is 0 Å². The van der Waals surface area contributed by atoms with Crippen molar-refractivity contribution in [3.8, 4) is 11.6 Å². The molecular weight excluding hydrogens is 258 g/mol. The number of hydrogen-bond acceptors (Lipinski definition) is 4. The molecule has 19 heavy (non-hydrogen) atoms. The third-order valence-corrected chi connectivity index (χ3v) is 2.92. The lowest BCUT2D eigenvalue weighted by Gasteiger charge is -2.14. The topological polar surface area (TPSA) is 61.0 Å². The molecule has 98 valence electrons. The van der Waals surface area contributed by atoms with E-state index in [0.29, 0.717) is 17.4 Å². The Morgan fingerprint density at radius 3 is 2.68 bits per heavy atom. The minimum atomic E-state index is 0.243. The highest BCUT2D eigenvalue weighted by atomic mass is 32.1. The van der Waals surface area contributed by atoms with Gasteiger partial charge in [-0.25, -0.2) is 0 Å². The van der Waals surface area contributed by atoms with Gasteiger partial charge in [0.2, 0.25) is 5.88 Å². The Bertz CT molecular complexity index is 599. The fourth-order valence-corrected chi connectivity index (χ4v) is 1.89. The van der Waals surface area contributed by atoms with Crippen LogP contribution in [0.4, 0.5) is 0 Å². The molecule has 1 heterocycles. The van der Waals surface area contributed by atoms with Gasteiger partial charge in [-0.15, -0.1) is 5.10 Å². The van der Waals surface area contributed by atoms with Gasteiger partial charge < -0.3 is 10.5 Å². The number of hydrogen-bond donors (Lipinski definition) is 1. The molecule has 0 fully saturated rings. The number of benzene rings is 1. The van der Waals surface area contributed by atoms with E-state index in [0.717, 1.165) is 11.3 Å². The third kappa shape index (κ3) is 3.06. The average Bonchev–Trinajstić information content (AvgIpc) is 2.39. The Labute approximate surface area is 117 Å². The molecule has 2 N–H and O–H groups in total. The van der Waals surface area contributed by atoms with Gasteiger partial charge in [0, 0.05) is 0 Å². The largest absolute Gasteiger partial charge is 0.437 e. The summed E-state index contributed by atoms with van der Waals surface area (Å²) in [6, 6.07) is 9.51. The van der Waals surface area contributed by atoms with Crippen LogP contribution in [0.1, 0.15) is 30.9 Å². The van der Waals surface area contributed by atoms with Crippen LogP contribution in [0.25, 0.3) is 0 Å². The van der Waals surface area contributed by atoms with Gasteiger partial charge in [-0.05, 0) is 23.6 Å². The smallest absolute Gasteiger partial charge is 0.249 e. The Morgan fingerprint density at radius 1 is 1.26 bits per heavy atom. The standard InChI is InChI=1S/C14H15N3OS/c1-9(2)10-5-3-4-6-12(10)18-14-11(13(15)19)7-8-16-17-14/h3-9H,1-2H3,(H2,15,19). The van der Waals surface area contributed by atoms with Crippen LogP contribution in [-0.4, -0.2) is 15.2 Å². The number of nitrogens with zero attached hydrogens (tertiary/aromatic N) is 2. The summed E-state index contributed by atoms with van der Waals surface area (Å²) in [5.41, 5.74) is 7.34. The van der Waals surface area contributed by atoms with Crippen LogP contribution in [0.15, 0.2) is 36.5 Å². The molecule has 2 rings (SSSR count). The van der Waals surface area contributed by atoms with E-state index in [2.05, 4.69) is 24.0 Å². The lowest BCUT2D eigenvalue weighted by atomic mass is 10.0. The second kappa shape index (κ2) is 5.75.